The minimum Gasteiger partial charge on any atom is -0.378 e. The van der Waals surface area contributed by atoms with Gasteiger partial charge in [0.15, 0.2) is 0 Å². The Morgan fingerprint density at radius 3 is 2.27 bits per heavy atom. The standard InChI is InChI=1S/C17H20BrN5O2S/c18-13-9-14(26-11-13)17(24)23-3-1-21(2-4-23)15-10-16(20-12-19-15)22-5-7-25-8-6-22/h9-12H,1-8H2. The fourth-order valence-electron chi connectivity index (χ4n) is 3.20. The molecular formula is C17H20BrN5O2S. The average Bonchev–Trinajstić information content (AvgIpc) is 3.15. The highest BCUT2D eigenvalue weighted by Gasteiger charge is 2.24. The highest BCUT2D eigenvalue weighted by molar-refractivity contribution is 9.10. The lowest BCUT2D eigenvalue weighted by Gasteiger charge is -2.35. The van der Waals surface area contributed by atoms with Crippen LogP contribution in [0, 0.1) is 0 Å². The Bertz CT molecular complexity index is 772. The third-order valence-electron chi connectivity index (χ3n) is 4.64. The summed E-state index contributed by atoms with van der Waals surface area (Å²) < 4.78 is 6.36. The van der Waals surface area contributed by atoms with Crippen LogP contribution in [0.4, 0.5) is 11.6 Å². The zero-order valence-corrected chi connectivity index (χ0v) is 16.7. The number of carbonyl (C=O) groups excluding carboxylic acids is 1. The molecule has 0 unspecified atom stereocenters. The fraction of sp³-hybridized carbons (Fsp3) is 0.471. The van der Waals surface area contributed by atoms with E-state index in [4.69, 9.17) is 4.74 Å². The molecule has 9 heteroatoms. The van der Waals surface area contributed by atoms with E-state index in [1.165, 1.54) is 11.3 Å². The Morgan fingerprint density at radius 2 is 1.65 bits per heavy atom. The van der Waals surface area contributed by atoms with Crippen LogP contribution in [0.25, 0.3) is 0 Å². The number of thiophene rings is 1. The summed E-state index contributed by atoms with van der Waals surface area (Å²) in [5.41, 5.74) is 0. The van der Waals surface area contributed by atoms with Crippen molar-refractivity contribution in [1.29, 1.82) is 0 Å². The number of hydrogen-bond acceptors (Lipinski definition) is 7. The molecule has 0 radical (unpaired) electrons. The molecule has 2 fully saturated rings. The normalized spacial score (nSPS) is 18.3. The lowest BCUT2D eigenvalue weighted by molar-refractivity contribution is 0.0751. The number of amides is 1. The molecule has 0 atom stereocenters. The van der Waals surface area contributed by atoms with Gasteiger partial charge in [0.1, 0.15) is 18.0 Å². The second-order valence-electron chi connectivity index (χ2n) is 6.24. The number of piperazine rings is 1. The topological polar surface area (TPSA) is 61.8 Å². The SMILES string of the molecule is O=C(c1cc(Br)cs1)N1CCN(c2cc(N3CCOCC3)ncn2)CC1. The number of nitrogens with zero attached hydrogens (tertiary/aromatic N) is 5. The first-order valence-electron chi connectivity index (χ1n) is 8.64. The van der Waals surface area contributed by atoms with E-state index in [1.807, 2.05) is 22.4 Å². The number of hydrogen-bond donors (Lipinski definition) is 0. The monoisotopic (exact) mass is 437 g/mol. The Hall–Kier alpha value is -1.71. The van der Waals surface area contributed by atoms with Gasteiger partial charge in [0.05, 0.1) is 18.1 Å². The highest BCUT2D eigenvalue weighted by Crippen LogP contribution is 2.23. The van der Waals surface area contributed by atoms with E-state index in [0.29, 0.717) is 13.1 Å². The minimum absolute atomic E-state index is 0.108. The van der Waals surface area contributed by atoms with Gasteiger partial charge in [-0.05, 0) is 22.0 Å². The molecule has 2 aromatic rings. The van der Waals surface area contributed by atoms with E-state index in [2.05, 4.69) is 35.7 Å². The predicted octanol–water partition coefficient (Wildman–Crippen LogP) is 2.10. The Morgan fingerprint density at radius 1 is 1.00 bits per heavy atom. The molecule has 1 amide bonds. The van der Waals surface area contributed by atoms with Crippen molar-refractivity contribution in [2.45, 2.75) is 0 Å². The van der Waals surface area contributed by atoms with Crippen LogP contribution < -0.4 is 9.80 Å². The highest BCUT2D eigenvalue weighted by atomic mass is 79.9. The van der Waals surface area contributed by atoms with Crippen LogP contribution in [0.2, 0.25) is 0 Å². The summed E-state index contributed by atoms with van der Waals surface area (Å²) in [6.45, 7) is 6.13. The largest absolute Gasteiger partial charge is 0.378 e. The fourth-order valence-corrected chi connectivity index (χ4v) is 4.59. The van der Waals surface area contributed by atoms with Gasteiger partial charge in [-0.1, -0.05) is 0 Å². The van der Waals surface area contributed by atoms with Gasteiger partial charge in [0, 0.05) is 55.2 Å². The molecule has 2 aromatic heterocycles. The Labute approximate surface area is 164 Å². The predicted molar refractivity (Wildman–Crippen MR) is 105 cm³/mol. The summed E-state index contributed by atoms with van der Waals surface area (Å²) in [5, 5.41) is 1.94. The summed E-state index contributed by atoms with van der Waals surface area (Å²) in [7, 11) is 0. The smallest absolute Gasteiger partial charge is 0.264 e. The molecule has 7 nitrogen and oxygen atoms in total. The van der Waals surface area contributed by atoms with Gasteiger partial charge < -0.3 is 19.4 Å². The van der Waals surface area contributed by atoms with E-state index in [1.54, 1.807) is 6.33 Å². The molecule has 138 valence electrons. The van der Waals surface area contributed by atoms with Crippen LogP contribution in [-0.2, 0) is 4.74 Å². The Kier molecular flexibility index (Phi) is 5.37. The molecule has 2 aliphatic heterocycles. The van der Waals surface area contributed by atoms with Gasteiger partial charge in [0.25, 0.3) is 5.91 Å². The van der Waals surface area contributed by atoms with Gasteiger partial charge >= 0.3 is 0 Å². The van der Waals surface area contributed by atoms with Crippen LogP contribution in [0.5, 0.6) is 0 Å². The van der Waals surface area contributed by atoms with Crippen molar-refractivity contribution in [3.8, 4) is 0 Å². The van der Waals surface area contributed by atoms with Crippen LogP contribution in [0.1, 0.15) is 9.67 Å². The van der Waals surface area contributed by atoms with Crippen molar-refractivity contribution in [1.82, 2.24) is 14.9 Å². The van der Waals surface area contributed by atoms with Crippen molar-refractivity contribution in [3.05, 3.63) is 33.2 Å². The Balaban J connectivity index is 1.39. The van der Waals surface area contributed by atoms with Crippen molar-refractivity contribution < 1.29 is 9.53 Å². The number of halogens is 1. The van der Waals surface area contributed by atoms with Gasteiger partial charge in [-0.3, -0.25) is 4.79 Å². The summed E-state index contributed by atoms with van der Waals surface area (Å²) in [5.74, 6) is 1.98. The van der Waals surface area contributed by atoms with Gasteiger partial charge in [-0.15, -0.1) is 11.3 Å². The molecule has 0 N–H and O–H groups in total. The summed E-state index contributed by atoms with van der Waals surface area (Å²) in [6.07, 6.45) is 1.63. The van der Waals surface area contributed by atoms with Crippen molar-refractivity contribution in [2.75, 3.05) is 62.3 Å². The van der Waals surface area contributed by atoms with E-state index >= 15 is 0 Å². The number of anilines is 2. The average molecular weight is 438 g/mol. The maximum absolute atomic E-state index is 12.6. The summed E-state index contributed by atoms with van der Waals surface area (Å²) in [4.78, 5) is 28.6. The lowest BCUT2D eigenvalue weighted by atomic mass is 10.3. The molecule has 0 spiro atoms. The van der Waals surface area contributed by atoms with Crippen molar-refractivity contribution in [3.63, 3.8) is 0 Å². The molecule has 2 saturated heterocycles. The van der Waals surface area contributed by atoms with Crippen LogP contribution >= 0.6 is 27.3 Å². The molecule has 0 aromatic carbocycles. The van der Waals surface area contributed by atoms with Gasteiger partial charge in [-0.25, -0.2) is 9.97 Å². The van der Waals surface area contributed by atoms with Crippen LogP contribution in [0.15, 0.2) is 28.3 Å². The maximum Gasteiger partial charge on any atom is 0.264 e. The second kappa shape index (κ2) is 7.89. The summed E-state index contributed by atoms with van der Waals surface area (Å²) >= 11 is 4.89. The molecule has 0 saturated carbocycles. The first-order chi connectivity index (χ1) is 12.7. The first kappa shape index (κ1) is 17.7. The number of ether oxygens (including phenoxy) is 1. The van der Waals surface area contributed by atoms with E-state index in [9.17, 15) is 4.79 Å². The van der Waals surface area contributed by atoms with Crippen molar-refractivity contribution >= 4 is 44.8 Å². The van der Waals surface area contributed by atoms with E-state index in [0.717, 1.165) is 60.4 Å². The van der Waals surface area contributed by atoms with Gasteiger partial charge in [0.2, 0.25) is 0 Å². The molecular weight excluding hydrogens is 418 g/mol. The molecule has 26 heavy (non-hydrogen) atoms. The lowest BCUT2D eigenvalue weighted by Crippen LogP contribution is -2.49. The maximum atomic E-state index is 12.6. The molecule has 4 rings (SSSR count). The third kappa shape index (κ3) is 3.84. The number of rotatable bonds is 3. The quantitative estimate of drug-likeness (QED) is 0.732. The van der Waals surface area contributed by atoms with Gasteiger partial charge in [-0.2, -0.15) is 0 Å². The molecule has 4 heterocycles. The number of morpholine rings is 1. The molecule has 2 aliphatic rings. The number of aromatic nitrogens is 2. The van der Waals surface area contributed by atoms with Crippen molar-refractivity contribution in [2.24, 2.45) is 0 Å². The van der Waals surface area contributed by atoms with E-state index in [-0.39, 0.29) is 5.91 Å². The van der Waals surface area contributed by atoms with E-state index < -0.39 is 0 Å². The zero-order valence-electron chi connectivity index (χ0n) is 14.3. The third-order valence-corrected chi connectivity index (χ3v) is 6.32. The second-order valence-corrected chi connectivity index (χ2v) is 8.07. The minimum atomic E-state index is 0.108. The summed E-state index contributed by atoms with van der Waals surface area (Å²) in [6, 6.07) is 3.93. The first-order valence-corrected chi connectivity index (χ1v) is 10.3. The molecule has 0 bridgehead atoms. The molecule has 0 aliphatic carbocycles. The zero-order chi connectivity index (χ0) is 17.9. The van der Waals surface area contributed by atoms with Crippen LogP contribution in [-0.4, -0.2) is 73.3 Å². The van der Waals surface area contributed by atoms with Crippen LogP contribution in [0.3, 0.4) is 0 Å². The number of carbonyl (C=O) groups is 1.